The quantitative estimate of drug-likeness (QED) is 0.869. The number of piperidine rings is 1. The second-order valence-corrected chi connectivity index (χ2v) is 6.03. The molecule has 1 aromatic rings. The van der Waals surface area contributed by atoms with E-state index in [4.69, 9.17) is 0 Å². The molecule has 3 unspecified atom stereocenters. The van der Waals surface area contributed by atoms with E-state index >= 15 is 0 Å². The van der Waals surface area contributed by atoms with Crippen molar-refractivity contribution in [3.05, 3.63) is 35.9 Å². The number of fused-ring (bicyclic) bond motifs is 1. The third-order valence-corrected chi connectivity index (χ3v) is 4.43. The van der Waals surface area contributed by atoms with Crippen molar-refractivity contribution in [2.75, 3.05) is 6.54 Å². The molecule has 2 aliphatic heterocycles. The first kappa shape index (κ1) is 14.1. The van der Waals surface area contributed by atoms with Crippen molar-refractivity contribution in [1.29, 1.82) is 0 Å². The maximum Gasteiger partial charge on any atom is 0.325 e. The van der Waals surface area contributed by atoms with Crippen LogP contribution in [0.25, 0.3) is 0 Å². The molecule has 0 aliphatic carbocycles. The summed E-state index contributed by atoms with van der Waals surface area (Å²) in [6.45, 7) is 4.75. The van der Waals surface area contributed by atoms with E-state index in [9.17, 15) is 9.59 Å². The van der Waals surface area contributed by atoms with E-state index in [0.717, 1.165) is 13.0 Å². The molecular weight excluding hydrogens is 266 g/mol. The lowest BCUT2D eigenvalue weighted by molar-refractivity contribution is -0.131. The van der Waals surface area contributed by atoms with Gasteiger partial charge in [0.15, 0.2) is 0 Å². The molecule has 5 heteroatoms. The van der Waals surface area contributed by atoms with Crippen LogP contribution < -0.4 is 10.6 Å². The van der Waals surface area contributed by atoms with Gasteiger partial charge in [0, 0.05) is 6.04 Å². The van der Waals surface area contributed by atoms with E-state index in [2.05, 4.69) is 22.8 Å². The van der Waals surface area contributed by atoms with Gasteiger partial charge < -0.3 is 4.90 Å². The van der Waals surface area contributed by atoms with Gasteiger partial charge in [-0.05, 0) is 38.3 Å². The highest BCUT2D eigenvalue weighted by molar-refractivity contribution is 5.99. The molecule has 0 spiro atoms. The molecule has 21 heavy (non-hydrogen) atoms. The zero-order valence-electron chi connectivity index (χ0n) is 12.4. The Balaban J connectivity index is 1.96. The number of benzene rings is 1. The molecule has 0 saturated carbocycles. The number of urea groups is 1. The molecule has 2 aliphatic rings. The number of carbonyl (C=O) groups excluding carboxylic acids is 2. The minimum absolute atomic E-state index is 0.0487. The van der Waals surface area contributed by atoms with Gasteiger partial charge in [-0.3, -0.25) is 15.4 Å². The zero-order valence-corrected chi connectivity index (χ0v) is 12.4. The van der Waals surface area contributed by atoms with Crippen LogP contribution in [0.4, 0.5) is 4.79 Å². The maximum absolute atomic E-state index is 12.4. The van der Waals surface area contributed by atoms with Crippen molar-refractivity contribution in [1.82, 2.24) is 15.5 Å². The van der Waals surface area contributed by atoms with Crippen LogP contribution in [0.1, 0.15) is 31.7 Å². The van der Waals surface area contributed by atoms with Crippen molar-refractivity contribution < 1.29 is 9.59 Å². The molecule has 5 nitrogen and oxygen atoms in total. The van der Waals surface area contributed by atoms with Crippen molar-refractivity contribution in [2.45, 2.75) is 38.4 Å². The molecule has 2 heterocycles. The molecule has 0 aromatic heterocycles. The van der Waals surface area contributed by atoms with Crippen LogP contribution in [0.15, 0.2) is 30.3 Å². The monoisotopic (exact) mass is 287 g/mol. The predicted octanol–water partition coefficient (Wildman–Crippen LogP) is 1.67. The Kier molecular flexibility index (Phi) is 3.68. The molecule has 112 valence electrons. The fourth-order valence-electron chi connectivity index (χ4n) is 3.52. The van der Waals surface area contributed by atoms with Gasteiger partial charge in [0.25, 0.3) is 0 Å². The summed E-state index contributed by atoms with van der Waals surface area (Å²) in [6, 6.07) is 9.86. The molecule has 3 rings (SSSR count). The number of hydrogen-bond acceptors (Lipinski definition) is 3. The number of rotatable bonds is 2. The van der Waals surface area contributed by atoms with E-state index in [0.29, 0.717) is 0 Å². The number of hydrogen-bond donors (Lipinski definition) is 2. The highest BCUT2D eigenvalue weighted by atomic mass is 16.2. The van der Waals surface area contributed by atoms with Gasteiger partial charge >= 0.3 is 6.03 Å². The summed E-state index contributed by atoms with van der Waals surface area (Å²) in [4.78, 5) is 26.2. The van der Waals surface area contributed by atoms with Crippen molar-refractivity contribution in [3.63, 3.8) is 0 Å². The first-order valence-corrected chi connectivity index (χ1v) is 7.51. The summed E-state index contributed by atoms with van der Waals surface area (Å²) in [7, 11) is 0. The fraction of sp³-hybridized carbons (Fsp3) is 0.500. The van der Waals surface area contributed by atoms with Crippen molar-refractivity contribution >= 4 is 11.9 Å². The zero-order chi connectivity index (χ0) is 15.0. The summed E-state index contributed by atoms with van der Waals surface area (Å²) in [5.41, 5.74) is 1.17. The maximum atomic E-state index is 12.4. The standard InChI is InChI=1S/C16H21N3O2/c1-10(2)19-14-13(15(20)18-16(19)21)12(8-9-17-14)11-6-4-3-5-7-11/h3-7,10,12-14,17H,8-9H2,1-2H3,(H,18,20,21). The van der Waals surface area contributed by atoms with Crippen LogP contribution >= 0.6 is 0 Å². The summed E-state index contributed by atoms with van der Waals surface area (Å²) >= 11 is 0. The highest BCUT2D eigenvalue weighted by Crippen LogP contribution is 2.36. The molecule has 0 bridgehead atoms. The first-order chi connectivity index (χ1) is 10.1. The van der Waals surface area contributed by atoms with Gasteiger partial charge in [-0.2, -0.15) is 0 Å². The number of nitrogens with one attached hydrogen (secondary N) is 2. The molecule has 1 aromatic carbocycles. The second kappa shape index (κ2) is 5.48. The number of imide groups is 1. The Morgan fingerprint density at radius 3 is 2.57 bits per heavy atom. The Hall–Kier alpha value is -1.88. The molecule has 3 amide bonds. The largest absolute Gasteiger partial charge is 0.325 e. The van der Waals surface area contributed by atoms with Crippen LogP contribution in [0.5, 0.6) is 0 Å². The SMILES string of the molecule is CC(C)N1C(=O)NC(=O)C2C(c3ccccc3)CCNC21. The second-order valence-electron chi connectivity index (χ2n) is 6.03. The fourth-order valence-corrected chi connectivity index (χ4v) is 3.52. The minimum atomic E-state index is -0.294. The highest BCUT2D eigenvalue weighted by Gasteiger charge is 2.48. The molecule has 3 atom stereocenters. The van der Waals surface area contributed by atoms with E-state index in [-0.39, 0.29) is 36.0 Å². The lowest BCUT2D eigenvalue weighted by atomic mass is 9.77. The lowest BCUT2D eigenvalue weighted by Gasteiger charge is -2.48. The van der Waals surface area contributed by atoms with Gasteiger partial charge in [-0.25, -0.2) is 4.79 Å². The third-order valence-electron chi connectivity index (χ3n) is 4.43. The van der Waals surface area contributed by atoms with Crippen LogP contribution in [-0.2, 0) is 4.79 Å². The number of amides is 3. The van der Waals surface area contributed by atoms with Crippen LogP contribution in [-0.4, -0.2) is 35.6 Å². The smallest absolute Gasteiger partial charge is 0.306 e. The Bertz CT molecular complexity index is 544. The van der Waals surface area contributed by atoms with Crippen LogP contribution in [0.3, 0.4) is 0 Å². The third kappa shape index (κ3) is 2.42. The molecule has 2 saturated heterocycles. The molecule has 2 N–H and O–H groups in total. The van der Waals surface area contributed by atoms with Crippen LogP contribution in [0, 0.1) is 5.92 Å². The van der Waals surface area contributed by atoms with Gasteiger partial charge in [0.2, 0.25) is 5.91 Å². The lowest BCUT2D eigenvalue weighted by Crippen LogP contribution is -2.69. The number of carbonyl (C=O) groups is 2. The Labute approximate surface area is 124 Å². The number of nitrogens with zero attached hydrogens (tertiary/aromatic N) is 1. The van der Waals surface area contributed by atoms with Gasteiger partial charge in [0.05, 0.1) is 12.1 Å². The molecular formula is C16H21N3O2. The van der Waals surface area contributed by atoms with Gasteiger partial charge in [-0.1, -0.05) is 30.3 Å². The van der Waals surface area contributed by atoms with E-state index < -0.39 is 0 Å². The van der Waals surface area contributed by atoms with Gasteiger partial charge in [-0.15, -0.1) is 0 Å². The van der Waals surface area contributed by atoms with Crippen molar-refractivity contribution in [3.8, 4) is 0 Å². The normalized spacial score (nSPS) is 29.3. The van der Waals surface area contributed by atoms with E-state index in [1.807, 2.05) is 32.0 Å². The summed E-state index contributed by atoms with van der Waals surface area (Å²) in [6.07, 6.45) is 0.684. The van der Waals surface area contributed by atoms with Gasteiger partial charge in [0.1, 0.15) is 0 Å². The van der Waals surface area contributed by atoms with Crippen LogP contribution in [0.2, 0.25) is 0 Å². The van der Waals surface area contributed by atoms with Crippen molar-refractivity contribution in [2.24, 2.45) is 5.92 Å². The average molecular weight is 287 g/mol. The summed E-state index contributed by atoms with van der Waals surface area (Å²) in [5.74, 6) is -0.254. The minimum Gasteiger partial charge on any atom is -0.306 e. The summed E-state index contributed by atoms with van der Waals surface area (Å²) in [5, 5.41) is 5.88. The average Bonchev–Trinajstić information content (AvgIpc) is 2.47. The Morgan fingerprint density at radius 2 is 1.90 bits per heavy atom. The summed E-state index contributed by atoms with van der Waals surface area (Å²) < 4.78 is 0. The predicted molar refractivity (Wildman–Crippen MR) is 79.6 cm³/mol. The van der Waals surface area contributed by atoms with E-state index in [1.165, 1.54) is 5.56 Å². The topological polar surface area (TPSA) is 61.4 Å². The van der Waals surface area contributed by atoms with E-state index in [1.54, 1.807) is 4.90 Å². The molecule has 0 radical (unpaired) electrons. The Morgan fingerprint density at radius 1 is 1.19 bits per heavy atom. The first-order valence-electron chi connectivity index (χ1n) is 7.51. The molecule has 2 fully saturated rings.